The van der Waals surface area contributed by atoms with Crippen LogP contribution in [0.4, 0.5) is 19.2 Å². The molecule has 0 amide bonds. The molecule has 108 valence electrons. The molecule has 0 unspecified atom stereocenters. The SMILES string of the molecule is Nc1nnc(-c2cccc(-n3cc(C(F)(F)F)cn3)c2)o1. The normalized spacial score (nSPS) is 11.8. The smallest absolute Gasteiger partial charge is 0.404 e. The summed E-state index contributed by atoms with van der Waals surface area (Å²) < 4.78 is 43.9. The lowest BCUT2D eigenvalue weighted by Crippen LogP contribution is -2.03. The third-order valence-electron chi connectivity index (χ3n) is 2.71. The predicted molar refractivity (Wildman–Crippen MR) is 66.3 cm³/mol. The Labute approximate surface area is 116 Å². The maximum atomic E-state index is 12.6. The lowest BCUT2D eigenvalue weighted by Gasteiger charge is -2.03. The van der Waals surface area contributed by atoms with Gasteiger partial charge in [-0.2, -0.15) is 18.3 Å². The van der Waals surface area contributed by atoms with Crippen molar-refractivity contribution in [3.05, 3.63) is 42.2 Å². The zero-order chi connectivity index (χ0) is 15.0. The van der Waals surface area contributed by atoms with Crippen LogP contribution in [-0.4, -0.2) is 20.0 Å². The molecule has 0 aliphatic heterocycles. The summed E-state index contributed by atoms with van der Waals surface area (Å²) >= 11 is 0. The molecule has 0 saturated carbocycles. The lowest BCUT2D eigenvalue weighted by atomic mass is 10.2. The van der Waals surface area contributed by atoms with Gasteiger partial charge >= 0.3 is 12.2 Å². The average molecular weight is 295 g/mol. The minimum Gasteiger partial charge on any atom is -0.404 e. The Morgan fingerprint density at radius 2 is 2.00 bits per heavy atom. The first-order valence-electron chi connectivity index (χ1n) is 5.75. The summed E-state index contributed by atoms with van der Waals surface area (Å²) in [6, 6.07) is 6.40. The Hall–Kier alpha value is -2.84. The van der Waals surface area contributed by atoms with Crippen LogP contribution in [0.2, 0.25) is 0 Å². The number of nitrogens with zero attached hydrogens (tertiary/aromatic N) is 4. The van der Waals surface area contributed by atoms with Gasteiger partial charge in [0.25, 0.3) is 0 Å². The molecule has 0 bridgehead atoms. The van der Waals surface area contributed by atoms with Crippen molar-refractivity contribution in [1.82, 2.24) is 20.0 Å². The fourth-order valence-electron chi connectivity index (χ4n) is 1.74. The Balaban J connectivity index is 1.98. The van der Waals surface area contributed by atoms with E-state index in [9.17, 15) is 13.2 Å². The fourth-order valence-corrected chi connectivity index (χ4v) is 1.74. The number of nitrogens with two attached hydrogens (primary N) is 1. The van der Waals surface area contributed by atoms with Crippen LogP contribution in [-0.2, 0) is 6.18 Å². The van der Waals surface area contributed by atoms with Crippen LogP contribution in [0, 0.1) is 0 Å². The van der Waals surface area contributed by atoms with E-state index in [2.05, 4.69) is 15.3 Å². The molecule has 0 fully saturated rings. The molecule has 6 nitrogen and oxygen atoms in total. The van der Waals surface area contributed by atoms with Gasteiger partial charge in [-0.1, -0.05) is 11.2 Å². The van der Waals surface area contributed by atoms with Crippen LogP contribution in [0.1, 0.15) is 5.56 Å². The predicted octanol–water partition coefficient (Wildman–Crippen LogP) is 2.52. The van der Waals surface area contributed by atoms with Crippen molar-refractivity contribution >= 4 is 6.01 Å². The van der Waals surface area contributed by atoms with E-state index in [0.29, 0.717) is 11.3 Å². The molecule has 3 rings (SSSR count). The molecule has 0 radical (unpaired) electrons. The maximum Gasteiger partial charge on any atom is 0.419 e. The second kappa shape index (κ2) is 4.62. The zero-order valence-electron chi connectivity index (χ0n) is 10.4. The third-order valence-corrected chi connectivity index (χ3v) is 2.71. The van der Waals surface area contributed by atoms with Gasteiger partial charge < -0.3 is 10.2 Å². The highest BCUT2D eigenvalue weighted by atomic mass is 19.4. The average Bonchev–Trinajstić information content (AvgIpc) is 3.07. The summed E-state index contributed by atoms with van der Waals surface area (Å²) in [4.78, 5) is 0. The molecule has 0 saturated heterocycles. The summed E-state index contributed by atoms with van der Waals surface area (Å²) in [6.07, 6.45) is -2.77. The lowest BCUT2D eigenvalue weighted by molar-refractivity contribution is -0.137. The quantitative estimate of drug-likeness (QED) is 0.785. The standard InChI is InChI=1S/C12H8F3N5O/c13-12(14,15)8-5-17-20(6-8)9-3-1-2-7(4-9)10-18-19-11(16)21-10/h1-6H,(H2,16,19). The van der Waals surface area contributed by atoms with E-state index in [1.165, 1.54) is 0 Å². The van der Waals surface area contributed by atoms with Gasteiger partial charge in [-0.25, -0.2) is 4.68 Å². The fraction of sp³-hybridized carbons (Fsp3) is 0.0833. The molecule has 1 aromatic carbocycles. The van der Waals surface area contributed by atoms with E-state index in [4.69, 9.17) is 10.2 Å². The number of aromatic nitrogens is 4. The first-order chi connectivity index (χ1) is 9.93. The number of benzene rings is 1. The topological polar surface area (TPSA) is 82.8 Å². The number of rotatable bonds is 2. The monoisotopic (exact) mass is 295 g/mol. The number of nitrogen functional groups attached to an aromatic ring is 1. The largest absolute Gasteiger partial charge is 0.419 e. The van der Waals surface area contributed by atoms with Crippen molar-refractivity contribution in [3.8, 4) is 17.1 Å². The number of hydrogen-bond donors (Lipinski definition) is 1. The molecular weight excluding hydrogens is 287 g/mol. The van der Waals surface area contributed by atoms with E-state index in [1.807, 2.05) is 0 Å². The highest BCUT2D eigenvalue weighted by Crippen LogP contribution is 2.29. The van der Waals surface area contributed by atoms with Crippen molar-refractivity contribution < 1.29 is 17.6 Å². The molecule has 0 atom stereocenters. The molecule has 0 spiro atoms. The molecule has 2 aromatic heterocycles. The van der Waals surface area contributed by atoms with E-state index in [1.54, 1.807) is 24.3 Å². The molecule has 2 heterocycles. The van der Waals surface area contributed by atoms with Crippen molar-refractivity contribution in [1.29, 1.82) is 0 Å². The van der Waals surface area contributed by atoms with Crippen LogP contribution < -0.4 is 5.73 Å². The molecule has 9 heteroatoms. The van der Waals surface area contributed by atoms with Crippen molar-refractivity contribution in [2.24, 2.45) is 0 Å². The summed E-state index contributed by atoms with van der Waals surface area (Å²) in [5.74, 6) is 0.178. The number of alkyl halides is 3. The summed E-state index contributed by atoms with van der Waals surface area (Å²) in [5.41, 5.74) is 5.47. The minimum absolute atomic E-state index is 0.0890. The second-order valence-corrected chi connectivity index (χ2v) is 4.17. The summed E-state index contributed by atoms with van der Waals surface area (Å²) in [7, 11) is 0. The van der Waals surface area contributed by atoms with Gasteiger partial charge in [0.1, 0.15) is 0 Å². The molecular formula is C12H8F3N5O. The van der Waals surface area contributed by atoms with Crippen molar-refractivity contribution in [3.63, 3.8) is 0 Å². The first-order valence-corrected chi connectivity index (χ1v) is 5.75. The molecule has 3 aromatic rings. The Kier molecular flexibility index (Phi) is 2.89. The van der Waals surface area contributed by atoms with Crippen LogP contribution in [0.3, 0.4) is 0 Å². The number of halogens is 3. The van der Waals surface area contributed by atoms with Gasteiger partial charge in [-0.05, 0) is 18.2 Å². The van der Waals surface area contributed by atoms with Crippen LogP contribution in [0.5, 0.6) is 0 Å². The summed E-state index contributed by atoms with van der Waals surface area (Å²) in [5, 5.41) is 10.9. The Morgan fingerprint density at radius 1 is 1.19 bits per heavy atom. The molecule has 0 aliphatic rings. The van der Waals surface area contributed by atoms with Crippen LogP contribution in [0.25, 0.3) is 17.1 Å². The Morgan fingerprint density at radius 3 is 2.62 bits per heavy atom. The second-order valence-electron chi connectivity index (χ2n) is 4.17. The van der Waals surface area contributed by atoms with Gasteiger partial charge in [0.15, 0.2) is 0 Å². The molecule has 21 heavy (non-hydrogen) atoms. The van der Waals surface area contributed by atoms with Crippen LogP contribution in [0.15, 0.2) is 41.1 Å². The minimum atomic E-state index is -4.43. The number of hydrogen-bond acceptors (Lipinski definition) is 5. The van der Waals surface area contributed by atoms with Crippen molar-refractivity contribution in [2.75, 3.05) is 5.73 Å². The molecule has 0 aliphatic carbocycles. The first kappa shape index (κ1) is 13.2. The highest BCUT2D eigenvalue weighted by molar-refractivity contribution is 5.57. The zero-order valence-corrected chi connectivity index (χ0v) is 10.4. The third kappa shape index (κ3) is 2.57. The van der Waals surface area contributed by atoms with Crippen molar-refractivity contribution in [2.45, 2.75) is 6.18 Å². The van der Waals surface area contributed by atoms with Gasteiger partial charge in [-0.3, -0.25) is 0 Å². The summed E-state index contributed by atoms with van der Waals surface area (Å²) in [6.45, 7) is 0. The van der Waals surface area contributed by atoms with E-state index >= 15 is 0 Å². The van der Waals surface area contributed by atoms with Gasteiger partial charge in [0, 0.05) is 11.8 Å². The van der Waals surface area contributed by atoms with E-state index < -0.39 is 11.7 Å². The number of anilines is 1. The van der Waals surface area contributed by atoms with Crippen LogP contribution >= 0.6 is 0 Å². The van der Waals surface area contributed by atoms with Gasteiger partial charge in [0.05, 0.1) is 17.4 Å². The maximum absolute atomic E-state index is 12.6. The molecule has 2 N–H and O–H groups in total. The van der Waals surface area contributed by atoms with Gasteiger partial charge in [0.2, 0.25) is 5.89 Å². The van der Waals surface area contributed by atoms with E-state index in [-0.39, 0.29) is 11.9 Å². The highest BCUT2D eigenvalue weighted by Gasteiger charge is 2.32. The Bertz CT molecular complexity index is 777. The van der Waals surface area contributed by atoms with E-state index in [0.717, 1.165) is 17.1 Å². The van der Waals surface area contributed by atoms with Gasteiger partial charge in [-0.15, -0.1) is 5.10 Å².